The standard InChI is InChI=1S/C41H56N6O9/c1-7-14-29(35(50)38(52)42-25-32(49)44-33(39(53)46(5)6)27-16-9-8-10-17-27)43-37(51)34-30-19-20-47(34)40(54)36(41(2,3)4)45-31(48)24-26-15-13-18-28(23-26)55-21-11-12-22-56-30/h8-10,13,15-18,23,29-30,33-34,36H,7,11-12,14,19-22,24-25H2,1-6H3,(H,42,52)(H,43,51)(H,44,49)(H,45,48)/t29?,30-,33-,34-,36+/m0/s1. The number of hydrogen-bond donors (Lipinski definition) is 4. The van der Waals surface area contributed by atoms with Crippen molar-refractivity contribution in [3.63, 3.8) is 0 Å². The lowest BCUT2D eigenvalue weighted by Crippen LogP contribution is -2.61. The Labute approximate surface area is 328 Å². The molecule has 5 atom stereocenters. The van der Waals surface area contributed by atoms with Gasteiger partial charge in [0.25, 0.3) is 5.91 Å². The van der Waals surface area contributed by atoms with Gasteiger partial charge in [-0.3, -0.25) is 33.6 Å². The maximum atomic E-state index is 14.3. The largest absolute Gasteiger partial charge is 0.494 e. The molecule has 15 nitrogen and oxygen atoms in total. The number of carbonyl (C=O) groups excluding carboxylic acids is 7. The number of Topliss-reactive ketones (excluding diaryl/α,β-unsaturated/α-hetero) is 1. The van der Waals surface area contributed by atoms with Crippen LogP contribution in [0.1, 0.15) is 77.0 Å². The summed E-state index contributed by atoms with van der Waals surface area (Å²) in [7, 11) is 3.11. The van der Waals surface area contributed by atoms with Crippen molar-refractivity contribution >= 4 is 41.2 Å². The van der Waals surface area contributed by atoms with Gasteiger partial charge >= 0.3 is 0 Å². The Morgan fingerprint density at radius 3 is 2.36 bits per heavy atom. The monoisotopic (exact) mass is 776 g/mol. The summed E-state index contributed by atoms with van der Waals surface area (Å²) in [5, 5.41) is 10.5. The van der Waals surface area contributed by atoms with Crippen molar-refractivity contribution in [3.8, 4) is 5.75 Å². The van der Waals surface area contributed by atoms with Crippen molar-refractivity contribution in [2.75, 3.05) is 40.4 Å². The second-order valence-corrected chi connectivity index (χ2v) is 15.5. The van der Waals surface area contributed by atoms with Crippen LogP contribution in [0.15, 0.2) is 54.6 Å². The van der Waals surface area contributed by atoms with Crippen LogP contribution in [0.25, 0.3) is 0 Å². The smallest absolute Gasteiger partial charge is 0.290 e. The Kier molecular flexibility index (Phi) is 15.5. The molecular weight excluding hydrogens is 720 g/mol. The summed E-state index contributed by atoms with van der Waals surface area (Å²) in [6, 6.07) is 11.4. The molecule has 56 heavy (non-hydrogen) atoms. The number of hydrogen-bond acceptors (Lipinski definition) is 9. The maximum Gasteiger partial charge on any atom is 0.290 e. The van der Waals surface area contributed by atoms with E-state index in [4.69, 9.17) is 9.47 Å². The molecule has 1 unspecified atom stereocenters. The van der Waals surface area contributed by atoms with Crippen LogP contribution in [0, 0.1) is 5.41 Å². The minimum atomic E-state index is -1.27. The third-order valence-corrected chi connectivity index (χ3v) is 9.68. The van der Waals surface area contributed by atoms with E-state index in [0.717, 1.165) is 5.56 Å². The fourth-order valence-electron chi connectivity index (χ4n) is 6.71. The van der Waals surface area contributed by atoms with E-state index >= 15 is 0 Å². The molecule has 2 heterocycles. The van der Waals surface area contributed by atoms with Crippen LogP contribution in [0.4, 0.5) is 0 Å². The Morgan fingerprint density at radius 1 is 0.964 bits per heavy atom. The highest BCUT2D eigenvalue weighted by Crippen LogP contribution is 2.28. The number of amides is 6. The number of fused-ring (bicyclic) bond motifs is 4. The molecule has 304 valence electrons. The van der Waals surface area contributed by atoms with Crippen LogP contribution in [-0.4, -0.2) is 116 Å². The molecule has 1 saturated heterocycles. The zero-order valence-corrected chi connectivity index (χ0v) is 33.2. The van der Waals surface area contributed by atoms with Crippen molar-refractivity contribution in [1.82, 2.24) is 31.1 Å². The van der Waals surface area contributed by atoms with Crippen LogP contribution in [0.2, 0.25) is 0 Å². The zero-order valence-electron chi connectivity index (χ0n) is 33.2. The number of likely N-dealkylation sites (N-methyl/N-ethyl adjacent to an activating group) is 1. The van der Waals surface area contributed by atoms with E-state index in [9.17, 15) is 33.6 Å². The van der Waals surface area contributed by atoms with Crippen LogP contribution in [0.5, 0.6) is 5.75 Å². The van der Waals surface area contributed by atoms with Gasteiger partial charge in [0.15, 0.2) is 0 Å². The zero-order chi connectivity index (χ0) is 41.0. The molecule has 0 aromatic heterocycles. The van der Waals surface area contributed by atoms with Gasteiger partial charge in [-0.05, 0) is 54.4 Å². The SMILES string of the molecule is CCCC(NC(=O)[C@@H]1[C@@H]2CCN1C(=O)[C@H](C(C)(C)C)NC(=O)Cc1cccc(c1)OCCCCO2)C(=O)C(=O)NCC(=O)N[C@H](C(=O)N(C)C)c1ccccc1. The molecule has 2 aliphatic heterocycles. The number of carbonyl (C=O) groups is 7. The van der Waals surface area contributed by atoms with Gasteiger partial charge in [-0.2, -0.15) is 0 Å². The summed E-state index contributed by atoms with van der Waals surface area (Å²) in [5.74, 6) is -4.05. The predicted octanol–water partition coefficient (Wildman–Crippen LogP) is 1.83. The molecule has 2 aromatic rings. The fourth-order valence-corrected chi connectivity index (χ4v) is 6.71. The minimum absolute atomic E-state index is 0.0130. The second kappa shape index (κ2) is 20.0. The Bertz CT molecular complexity index is 1730. The van der Waals surface area contributed by atoms with Crippen molar-refractivity contribution in [2.45, 2.75) is 96.5 Å². The van der Waals surface area contributed by atoms with Gasteiger partial charge in [-0.25, -0.2) is 0 Å². The topological polar surface area (TPSA) is 193 Å². The summed E-state index contributed by atoms with van der Waals surface area (Å²) >= 11 is 0. The van der Waals surface area contributed by atoms with E-state index in [-0.39, 0.29) is 37.8 Å². The lowest BCUT2D eigenvalue weighted by molar-refractivity contribution is -0.147. The molecule has 1 fully saturated rings. The van der Waals surface area contributed by atoms with Gasteiger partial charge in [0.05, 0.1) is 31.7 Å². The molecule has 2 aliphatic rings. The molecule has 2 aromatic carbocycles. The van der Waals surface area contributed by atoms with Gasteiger partial charge in [0.1, 0.15) is 23.9 Å². The quantitative estimate of drug-likeness (QED) is 0.247. The molecule has 0 radical (unpaired) electrons. The third-order valence-electron chi connectivity index (χ3n) is 9.68. The number of nitrogens with zero attached hydrogens (tertiary/aromatic N) is 2. The van der Waals surface area contributed by atoms with Crippen molar-refractivity contribution in [1.29, 1.82) is 0 Å². The highest BCUT2D eigenvalue weighted by Gasteiger charge is 2.47. The van der Waals surface area contributed by atoms with E-state index in [1.54, 1.807) is 57.4 Å². The molecule has 4 rings (SSSR count). The average Bonchev–Trinajstić information content (AvgIpc) is 3.59. The summed E-state index contributed by atoms with van der Waals surface area (Å²) < 4.78 is 12.1. The number of ether oxygens (including phenoxy) is 2. The van der Waals surface area contributed by atoms with E-state index in [0.29, 0.717) is 43.6 Å². The summed E-state index contributed by atoms with van der Waals surface area (Å²) in [6.45, 7) is 7.51. The van der Waals surface area contributed by atoms with Crippen molar-refractivity contribution in [2.24, 2.45) is 5.41 Å². The molecule has 0 spiro atoms. The highest BCUT2D eigenvalue weighted by atomic mass is 16.5. The van der Waals surface area contributed by atoms with Crippen molar-refractivity contribution < 1.29 is 43.0 Å². The number of rotatable bonds is 11. The molecule has 0 aliphatic carbocycles. The maximum absolute atomic E-state index is 14.3. The summed E-state index contributed by atoms with van der Waals surface area (Å²) in [5.41, 5.74) is 0.518. The first-order valence-corrected chi connectivity index (χ1v) is 19.2. The van der Waals surface area contributed by atoms with Gasteiger partial charge < -0.3 is 40.5 Å². The summed E-state index contributed by atoms with van der Waals surface area (Å²) in [6.07, 6.45) is 1.42. The first-order valence-electron chi connectivity index (χ1n) is 19.2. The van der Waals surface area contributed by atoms with Crippen LogP contribution < -0.4 is 26.0 Å². The summed E-state index contributed by atoms with van der Waals surface area (Å²) in [4.78, 5) is 97.0. The van der Waals surface area contributed by atoms with Gasteiger partial charge in [0, 0.05) is 27.2 Å². The van der Waals surface area contributed by atoms with Gasteiger partial charge in [0.2, 0.25) is 35.3 Å². The van der Waals surface area contributed by atoms with Crippen LogP contribution in [0.3, 0.4) is 0 Å². The average molecular weight is 777 g/mol. The first-order chi connectivity index (χ1) is 26.6. The van der Waals surface area contributed by atoms with Crippen molar-refractivity contribution in [3.05, 3.63) is 65.7 Å². The molecule has 4 bridgehead atoms. The Balaban J connectivity index is 1.49. The third kappa shape index (κ3) is 11.8. The van der Waals surface area contributed by atoms with Gasteiger partial charge in [-0.1, -0.05) is 76.6 Å². The Hall–Kier alpha value is -5.31. The first kappa shape index (κ1) is 43.4. The molecule has 6 amide bonds. The Morgan fingerprint density at radius 2 is 1.68 bits per heavy atom. The lowest BCUT2D eigenvalue weighted by atomic mass is 9.85. The predicted molar refractivity (Wildman–Crippen MR) is 207 cm³/mol. The number of ketones is 1. The second-order valence-electron chi connectivity index (χ2n) is 15.5. The van der Waals surface area contributed by atoms with E-state index in [1.165, 1.54) is 9.80 Å². The number of benzene rings is 2. The molecule has 0 saturated carbocycles. The molecular formula is C41H56N6O9. The fraction of sp³-hybridized carbons (Fsp3) is 0.537. The minimum Gasteiger partial charge on any atom is -0.494 e. The van der Waals surface area contributed by atoms with Crippen LogP contribution in [-0.2, 0) is 44.7 Å². The molecule has 4 N–H and O–H groups in total. The van der Waals surface area contributed by atoms with Crippen LogP contribution >= 0.6 is 0 Å². The normalized spacial score (nSPS) is 20.3. The van der Waals surface area contributed by atoms with E-state index < -0.39 is 71.6 Å². The van der Waals surface area contributed by atoms with E-state index in [2.05, 4.69) is 21.3 Å². The number of nitrogens with one attached hydrogen (secondary N) is 4. The lowest BCUT2D eigenvalue weighted by Gasteiger charge is -2.36. The molecule has 15 heteroatoms. The van der Waals surface area contributed by atoms with Gasteiger partial charge in [-0.15, -0.1) is 0 Å². The van der Waals surface area contributed by atoms with E-state index in [1.807, 2.05) is 39.0 Å². The highest BCUT2D eigenvalue weighted by molar-refractivity contribution is 6.38.